The molecule has 0 saturated carbocycles. The average molecular weight is 257 g/mol. The van der Waals surface area contributed by atoms with Gasteiger partial charge in [0, 0.05) is 12.6 Å². The third kappa shape index (κ3) is 4.61. The van der Waals surface area contributed by atoms with Crippen molar-refractivity contribution in [2.24, 2.45) is 0 Å². The third-order valence-corrected chi connectivity index (χ3v) is 3.52. The lowest BCUT2D eigenvalue weighted by molar-refractivity contribution is 0.876. The summed E-state index contributed by atoms with van der Waals surface area (Å²) in [7, 11) is 0. The van der Waals surface area contributed by atoms with Crippen molar-refractivity contribution >= 4 is 29.3 Å². The first kappa shape index (κ1) is 13.6. The predicted octanol–water partition coefficient (Wildman–Crippen LogP) is 3.52. The van der Waals surface area contributed by atoms with Gasteiger partial charge in [0.25, 0.3) is 0 Å². The summed E-state index contributed by atoms with van der Waals surface area (Å²) in [5.74, 6) is 2.06. The molecule has 5 heteroatoms. The fraction of sp³-hybridized carbons (Fsp3) is 0.636. The molecule has 0 spiro atoms. The van der Waals surface area contributed by atoms with E-state index >= 15 is 0 Å². The lowest BCUT2D eigenvalue weighted by Crippen LogP contribution is -2.01. The largest absolute Gasteiger partial charge is 0.370 e. The molecule has 1 rings (SSSR count). The number of hydrogen-bond acceptors (Lipinski definition) is 5. The molecule has 3 nitrogen and oxygen atoms in total. The van der Waals surface area contributed by atoms with E-state index in [0.29, 0.717) is 0 Å². The van der Waals surface area contributed by atoms with Crippen LogP contribution < -0.4 is 5.32 Å². The van der Waals surface area contributed by atoms with Crippen LogP contribution in [0.5, 0.6) is 0 Å². The van der Waals surface area contributed by atoms with E-state index in [4.69, 9.17) is 0 Å². The maximum atomic E-state index is 4.48. The molecule has 0 amide bonds. The Kier molecular flexibility index (Phi) is 6.64. The Balaban J connectivity index is 2.69. The highest BCUT2D eigenvalue weighted by Gasteiger charge is 2.03. The van der Waals surface area contributed by atoms with E-state index in [1.807, 2.05) is 24.1 Å². The van der Waals surface area contributed by atoms with Crippen molar-refractivity contribution in [1.29, 1.82) is 0 Å². The third-order valence-electron chi connectivity index (χ3n) is 1.97. The van der Waals surface area contributed by atoms with E-state index in [1.165, 1.54) is 12.8 Å². The molecule has 0 fully saturated rings. The van der Waals surface area contributed by atoms with Gasteiger partial charge < -0.3 is 5.32 Å². The van der Waals surface area contributed by atoms with E-state index < -0.39 is 0 Å². The zero-order valence-corrected chi connectivity index (χ0v) is 11.7. The van der Waals surface area contributed by atoms with Gasteiger partial charge in [-0.05, 0) is 25.4 Å². The summed E-state index contributed by atoms with van der Waals surface area (Å²) in [6.07, 6.45) is 4.47. The normalized spacial score (nSPS) is 10.4. The second-order valence-electron chi connectivity index (χ2n) is 3.31. The van der Waals surface area contributed by atoms with Gasteiger partial charge in [-0.25, -0.2) is 9.97 Å². The molecule has 1 N–H and O–H groups in total. The number of nitrogens with one attached hydrogen (secondary N) is 1. The van der Waals surface area contributed by atoms with Gasteiger partial charge in [-0.2, -0.15) is 0 Å². The fourth-order valence-electron chi connectivity index (χ4n) is 1.16. The summed E-state index contributed by atoms with van der Waals surface area (Å²) < 4.78 is 0. The molecule has 0 bridgehead atoms. The molecule has 0 atom stereocenters. The maximum Gasteiger partial charge on any atom is 0.190 e. The Morgan fingerprint density at radius 1 is 1.31 bits per heavy atom. The molecule has 0 saturated heterocycles. The van der Waals surface area contributed by atoms with Gasteiger partial charge in [-0.3, -0.25) is 0 Å². The summed E-state index contributed by atoms with van der Waals surface area (Å²) in [6, 6.07) is 2.03. The summed E-state index contributed by atoms with van der Waals surface area (Å²) in [5, 5.41) is 5.15. The average Bonchev–Trinajstić information content (AvgIpc) is 2.29. The van der Waals surface area contributed by atoms with Crippen LogP contribution in [0, 0.1) is 0 Å². The Hall–Kier alpha value is -0.420. The SMILES string of the molecule is CCCCSc1cc(NCC)nc(SC)n1. The lowest BCUT2D eigenvalue weighted by Gasteiger charge is -2.06. The van der Waals surface area contributed by atoms with Crippen LogP contribution in [0.1, 0.15) is 26.7 Å². The Labute approximate surface area is 106 Å². The van der Waals surface area contributed by atoms with Crippen molar-refractivity contribution in [2.45, 2.75) is 36.9 Å². The summed E-state index contributed by atoms with van der Waals surface area (Å²) in [4.78, 5) is 8.88. The van der Waals surface area contributed by atoms with E-state index in [2.05, 4.69) is 29.1 Å². The molecule has 0 unspecified atom stereocenters. The van der Waals surface area contributed by atoms with Crippen LogP contribution in [0.25, 0.3) is 0 Å². The first-order chi connectivity index (χ1) is 7.80. The first-order valence-electron chi connectivity index (χ1n) is 5.59. The molecule has 0 aromatic carbocycles. The first-order valence-corrected chi connectivity index (χ1v) is 7.81. The van der Waals surface area contributed by atoms with Crippen LogP contribution in [0.15, 0.2) is 16.2 Å². The van der Waals surface area contributed by atoms with E-state index in [1.54, 1.807) is 11.8 Å². The Morgan fingerprint density at radius 3 is 2.75 bits per heavy atom. The summed E-state index contributed by atoms with van der Waals surface area (Å²) in [6.45, 7) is 5.17. The van der Waals surface area contributed by atoms with Crippen LogP contribution in [-0.2, 0) is 0 Å². The minimum Gasteiger partial charge on any atom is -0.370 e. The fourth-order valence-corrected chi connectivity index (χ4v) is 2.59. The van der Waals surface area contributed by atoms with Crippen LogP contribution in [0.2, 0.25) is 0 Å². The Morgan fingerprint density at radius 2 is 2.12 bits per heavy atom. The molecule has 16 heavy (non-hydrogen) atoms. The number of unbranched alkanes of at least 4 members (excludes halogenated alkanes) is 1. The van der Waals surface area contributed by atoms with E-state index in [-0.39, 0.29) is 0 Å². The smallest absolute Gasteiger partial charge is 0.190 e. The topological polar surface area (TPSA) is 37.8 Å². The minimum atomic E-state index is 0.845. The molecular weight excluding hydrogens is 238 g/mol. The highest BCUT2D eigenvalue weighted by atomic mass is 32.2. The standard InChI is InChI=1S/C11H19N3S2/c1-4-6-7-16-10-8-9(12-5-2)13-11(14-10)15-3/h8H,4-7H2,1-3H3,(H,12,13,14). The van der Waals surface area contributed by atoms with Crippen molar-refractivity contribution in [3.8, 4) is 0 Å². The van der Waals surface area contributed by atoms with Crippen molar-refractivity contribution in [1.82, 2.24) is 9.97 Å². The van der Waals surface area contributed by atoms with Crippen LogP contribution in [-0.4, -0.2) is 28.5 Å². The summed E-state index contributed by atoms with van der Waals surface area (Å²) >= 11 is 3.40. The van der Waals surface area contributed by atoms with E-state index in [0.717, 1.165) is 28.3 Å². The highest BCUT2D eigenvalue weighted by molar-refractivity contribution is 7.99. The quantitative estimate of drug-likeness (QED) is 0.350. The number of nitrogens with zero attached hydrogens (tertiary/aromatic N) is 2. The highest BCUT2D eigenvalue weighted by Crippen LogP contribution is 2.22. The van der Waals surface area contributed by atoms with Gasteiger partial charge in [-0.15, -0.1) is 11.8 Å². The van der Waals surface area contributed by atoms with Crippen molar-refractivity contribution in [3.05, 3.63) is 6.07 Å². The molecule has 0 aliphatic rings. The van der Waals surface area contributed by atoms with E-state index in [9.17, 15) is 0 Å². The zero-order valence-electron chi connectivity index (χ0n) is 10.1. The van der Waals surface area contributed by atoms with Gasteiger partial charge >= 0.3 is 0 Å². The number of anilines is 1. The predicted molar refractivity (Wildman–Crippen MR) is 73.6 cm³/mol. The van der Waals surface area contributed by atoms with Crippen molar-refractivity contribution in [3.63, 3.8) is 0 Å². The van der Waals surface area contributed by atoms with Crippen LogP contribution >= 0.6 is 23.5 Å². The molecule has 0 aliphatic heterocycles. The van der Waals surface area contributed by atoms with Crippen molar-refractivity contribution < 1.29 is 0 Å². The van der Waals surface area contributed by atoms with Gasteiger partial charge in [0.2, 0.25) is 0 Å². The van der Waals surface area contributed by atoms with Gasteiger partial charge in [0.15, 0.2) is 5.16 Å². The molecule has 1 aromatic rings. The lowest BCUT2D eigenvalue weighted by atomic mass is 10.4. The van der Waals surface area contributed by atoms with Gasteiger partial charge in [-0.1, -0.05) is 25.1 Å². The second kappa shape index (κ2) is 7.79. The number of rotatable bonds is 7. The Bertz CT molecular complexity index is 318. The van der Waals surface area contributed by atoms with Crippen molar-refractivity contribution in [2.75, 3.05) is 23.9 Å². The van der Waals surface area contributed by atoms with Crippen LogP contribution in [0.3, 0.4) is 0 Å². The van der Waals surface area contributed by atoms with Gasteiger partial charge in [0.1, 0.15) is 10.8 Å². The number of thioether (sulfide) groups is 2. The minimum absolute atomic E-state index is 0.845. The number of hydrogen-bond donors (Lipinski definition) is 1. The molecular formula is C11H19N3S2. The second-order valence-corrected chi connectivity index (χ2v) is 5.20. The maximum absolute atomic E-state index is 4.48. The molecule has 90 valence electrons. The molecule has 1 aromatic heterocycles. The molecule has 1 heterocycles. The summed E-state index contributed by atoms with van der Waals surface area (Å²) in [5.41, 5.74) is 0. The zero-order chi connectivity index (χ0) is 11.8. The van der Waals surface area contributed by atoms with Gasteiger partial charge in [0.05, 0.1) is 0 Å². The molecule has 0 radical (unpaired) electrons. The van der Waals surface area contributed by atoms with Crippen LogP contribution in [0.4, 0.5) is 5.82 Å². The number of aromatic nitrogens is 2. The molecule has 0 aliphatic carbocycles. The monoisotopic (exact) mass is 257 g/mol.